The Morgan fingerprint density at radius 1 is 1.19 bits per heavy atom. The van der Waals surface area contributed by atoms with Gasteiger partial charge in [-0.05, 0) is 31.0 Å². The van der Waals surface area contributed by atoms with Crippen molar-refractivity contribution in [2.24, 2.45) is 0 Å². The topological polar surface area (TPSA) is 78.4 Å². The van der Waals surface area contributed by atoms with Crippen LogP contribution in [0.2, 0.25) is 10.0 Å². The third kappa shape index (κ3) is 4.59. The molecule has 21 heavy (non-hydrogen) atoms. The lowest BCUT2D eigenvalue weighted by Crippen LogP contribution is -2.53. The van der Waals surface area contributed by atoms with Crippen LogP contribution in [-0.4, -0.2) is 29.1 Å². The molecule has 0 radical (unpaired) electrons. The summed E-state index contributed by atoms with van der Waals surface area (Å²) in [5.41, 5.74) is -0.584. The lowest BCUT2D eigenvalue weighted by Gasteiger charge is -2.27. The van der Waals surface area contributed by atoms with Gasteiger partial charge in [0.2, 0.25) is 5.91 Å². The molecule has 5 nitrogen and oxygen atoms in total. The van der Waals surface area contributed by atoms with Gasteiger partial charge >= 0.3 is 5.97 Å². The molecule has 0 saturated carbocycles. The van der Waals surface area contributed by atoms with E-state index in [1.165, 1.54) is 6.07 Å². The average molecular weight is 333 g/mol. The first-order valence-electron chi connectivity index (χ1n) is 6.58. The number of carboxylic acid groups (broad SMARTS) is 1. The zero-order chi connectivity index (χ0) is 16.0. The number of aliphatic carboxylic acids is 1. The molecule has 1 aromatic carbocycles. The van der Waals surface area contributed by atoms with Gasteiger partial charge in [0, 0.05) is 5.69 Å². The molecule has 1 amide bonds. The van der Waals surface area contributed by atoms with Gasteiger partial charge in [-0.3, -0.25) is 14.9 Å². The second kappa shape index (κ2) is 7.64. The number of carboxylic acids is 1. The number of carbonyl (C=O) groups excluding carboxylic acids is 1. The molecule has 0 unspecified atom stereocenters. The molecule has 0 fully saturated rings. The van der Waals surface area contributed by atoms with Crippen LogP contribution in [0.25, 0.3) is 0 Å². The summed E-state index contributed by atoms with van der Waals surface area (Å²) >= 11 is 11.6. The number of hydrogen-bond donors (Lipinski definition) is 3. The van der Waals surface area contributed by atoms with E-state index < -0.39 is 11.5 Å². The van der Waals surface area contributed by atoms with E-state index in [1.54, 1.807) is 26.0 Å². The molecule has 1 aromatic rings. The van der Waals surface area contributed by atoms with E-state index in [0.29, 0.717) is 28.6 Å². The van der Waals surface area contributed by atoms with E-state index in [1.807, 2.05) is 0 Å². The van der Waals surface area contributed by atoms with E-state index in [0.717, 1.165) is 0 Å². The molecule has 0 heterocycles. The van der Waals surface area contributed by atoms with Crippen molar-refractivity contribution in [2.45, 2.75) is 32.2 Å². The maximum absolute atomic E-state index is 11.9. The predicted molar refractivity (Wildman–Crippen MR) is 84.0 cm³/mol. The maximum atomic E-state index is 11.9. The number of halogens is 2. The minimum Gasteiger partial charge on any atom is -0.480 e. The fraction of sp³-hybridized carbons (Fsp3) is 0.429. The second-order valence-corrected chi connectivity index (χ2v) is 5.44. The second-order valence-electron chi connectivity index (χ2n) is 4.62. The van der Waals surface area contributed by atoms with Gasteiger partial charge in [-0.2, -0.15) is 0 Å². The standard InChI is InChI=1S/C14H18Cl2N2O3/c1-3-14(4-2,13(20)21)17-8-12(19)18-9-5-6-10(15)11(16)7-9/h5-7,17H,3-4,8H2,1-2H3,(H,18,19)(H,20,21). The monoisotopic (exact) mass is 332 g/mol. The Kier molecular flexibility index (Phi) is 6.45. The fourth-order valence-electron chi connectivity index (χ4n) is 1.91. The van der Waals surface area contributed by atoms with Crippen molar-refractivity contribution in [1.29, 1.82) is 0 Å². The Morgan fingerprint density at radius 2 is 1.81 bits per heavy atom. The first-order valence-corrected chi connectivity index (χ1v) is 7.33. The number of hydrogen-bond acceptors (Lipinski definition) is 3. The first-order chi connectivity index (χ1) is 9.84. The summed E-state index contributed by atoms with van der Waals surface area (Å²) < 4.78 is 0. The van der Waals surface area contributed by atoms with Crippen molar-refractivity contribution in [3.8, 4) is 0 Å². The predicted octanol–water partition coefficient (Wildman–Crippen LogP) is 3.16. The van der Waals surface area contributed by atoms with E-state index in [-0.39, 0.29) is 12.5 Å². The normalized spacial score (nSPS) is 11.2. The van der Waals surface area contributed by atoms with E-state index in [9.17, 15) is 14.7 Å². The molecule has 0 saturated heterocycles. The van der Waals surface area contributed by atoms with Gasteiger partial charge in [-0.1, -0.05) is 37.0 Å². The first kappa shape index (κ1) is 17.8. The minimum absolute atomic E-state index is 0.103. The third-order valence-corrected chi connectivity index (χ3v) is 4.15. The molecule has 0 aromatic heterocycles. The number of rotatable bonds is 7. The van der Waals surface area contributed by atoms with Crippen molar-refractivity contribution in [3.63, 3.8) is 0 Å². The molecule has 0 aliphatic heterocycles. The summed E-state index contributed by atoms with van der Waals surface area (Å²) in [7, 11) is 0. The van der Waals surface area contributed by atoms with E-state index in [2.05, 4.69) is 10.6 Å². The van der Waals surface area contributed by atoms with Gasteiger partial charge in [-0.15, -0.1) is 0 Å². The Labute approximate surface area is 133 Å². The lowest BCUT2D eigenvalue weighted by atomic mass is 9.93. The Bertz CT molecular complexity index is 531. The highest BCUT2D eigenvalue weighted by atomic mass is 35.5. The van der Waals surface area contributed by atoms with Crippen LogP contribution in [0.1, 0.15) is 26.7 Å². The number of amides is 1. The van der Waals surface area contributed by atoms with Crippen LogP contribution in [-0.2, 0) is 9.59 Å². The summed E-state index contributed by atoms with van der Waals surface area (Å²) in [5.74, 6) is -1.31. The summed E-state index contributed by atoms with van der Waals surface area (Å²) in [4.78, 5) is 23.2. The smallest absolute Gasteiger partial charge is 0.323 e. The van der Waals surface area contributed by atoms with Crippen LogP contribution in [0.5, 0.6) is 0 Å². The van der Waals surface area contributed by atoms with Crippen LogP contribution in [0, 0.1) is 0 Å². The molecular formula is C14H18Cl2N2O3. The number of carbonyl (C=O) groups is 2. The number of anilines is 1. The van der Waals surface area contributed by atoms with E-state index in [4.69, 9.17) is 23.2 Å². The Balaban J connectivity index is 2.65. The van der Waals surface area contributed by atoms with Crippen molar-refractivity contribution in [3.05, 3.63) is 28.2 Å². The molecule has 7 heteroatoms. The highest BCUT2D eigenvalue weighted by molar-refractivity contribution is 6.42. The largest absolute Gasteiger partial charge is 0.480 e. The molecule has 116 valence electrons. The third-order valence-electron chi connectivity index (χ3n) is 3.41. The molecule has 0 spiro atoms. The van der Waals surface area contributed by atoms with E-state index >= 15 is 0 Å². The summed E-state index contributed by atoms with van der Waals surface area (Å²) in [5, 5.41) is 15.4. The quantitative estimate of drug-likeness (QED) is 0.716. The van der Waals surface area contributed by atoms with Gasteiger partial charge in [0.05, 0.1) is 16.6 Å². The van der Waals surface area contributed by atoms with Gasteiger partial charge in [0.25, 0.3) is 0 Å². The zero-order valence-corrected chi connectivity index (χ0v) is 13.4. The molecule has 0 bridgehead atoms. The average Bonchev–Trinajstić information content (AvgIpc) is 2.44. The molecule has 3 N–H and O–H groups in total. The van der Waals surface area contributed by atoms with Gasteiger partial charge in [0.1, 0.15) is 5.54 Å². The van der Waals surface area contributed by atoms with Crippen LogP contribution in [0.4, 0.5) is 5.69 Å². The fourth-order valence-corrected chi connectivity index (χ4v) is 2.20. The SMILES string of the molecule is CCC(CC)(NCC(=O)Nc1ccc(Cl)c(Cl)c1)C(=O)O. The Morgan fingerprint density at radius 3 is 2.29 bits per heavy atom. The number of nitrogens with one attached hydrogen (secondary N) is 2. The minimum atomic E-state index is -1.09. The van der Waals surface area contributed by atoms with Crippen LogP contribution in [0.15, 0.2) is 18.2 Å². The molecule has 0 atom stereocenters. The van der Waals surface area contributed by atoms with Crippen LogP contribution < -0.4 is 10.6 Å². The lowest BCUT2D eigenvalue weighted by molar-refractivity contribution is -0.145. The van der Waals surface area contributed by atoms with Crippen molar-refractivity contribution < 1.29 is 14.7 Å². The molecule has 0 aliphatic rings. The highest BCUT2D eigenvalue weighted by Gasteiger charge is 2.34. The summed E-state index contributed by atoms with van der Waals surface area (Å²) in [6, 6.07) is 4.73. The van der Waals surface area contributed by atoms with Crippen molar-refractivity contribution in [2.75, 3.05) is 11.9 Å². The molecule has 1 rings (SSSR count). The highest BCUT2D eigenvalue weighted by Crippen LogP contribution is 2.25. The number of benzene rings is 1. The molecular weight excluding hydrogens is 315 g/mol. The van der Waals surface area contributed by atoms with Crippen molar-refractivity contribution in [1.82, 2.24) is 5.32 Å². The molecule has 0 aliphatic carbocycles. The van der Waals surface area contributed by atoms with Crippen LogP contribution in [0.3, 0.4) is 0 Å². The Hall–Kier alpha value is -1.30. The summed E-state index contributed by atoms with van der Waals surface area (Å²) in [6.07, 6.45) is 0.776. The maximum Gasteiger partial charge on any atom is 0.323 e. The van der Waals surface area contributed by atoms with Gasteiger partial charge in [-0.25, -0.2) is 0 Å². The van der Waals surface area contributed by atoms with Crippen LogP contribution >= 0.6 is 23.2 Å². The van der Waals surface area contributed by atoms with Crippen molar-refractivity contribution >= 4 is 40.8 Å². The van der Waals surface area contributed by atoms with Gasteiger partial charge < -0.3 is 10.4 Å². The summed E-state index contributed by atoms with van der Waals surface area (Å²) in [6.45, 7) is 3.43. The van der Waals surface area contributed by atoms with Gasteiger partial charge in [0.15, 0.2) is 0 Å². The zero-order valence-electron chi connectivity index (χ0n) is 11.9.